The first kappa shape index (κ1) is 19.6. The average Bonchev–Trinajstić information content (AvgIpc) is 3.05. The second kappa shape index (κ2) is 7.99. The molecule has 0 saturated carbocycles. The lowest BCUT2D eigenvalue weighted by molar-refractivity contribution is -0.115. The average molecular weight is 413 g/mol. The first-order valence-electron chi connectivity index (χ1n) is 9.79. The first-order chi connectivity index (χ1) is 13.9. The van der Waals surface area contributed by atoms with Gasteiger partial charge in [-0.1, -0.05) is 0 Å². The van der Waals surface area contributed by atoms with Crippen molar-refractivity contribution < 1.29 is 19.1 Å². The van der Waals surface area contributed by atoms with Crippen LogP contribution in [-0.2, 0) is 17.8 Å². The number of hydrogen-bond acceptors (Lipinski definition) is 5. The van der Waals surface area contributed by atoms with Crippen LogP contribution in [0.5, 0.6) is 11.5 Å². The summed E-state index contributed by atoms with van der Waals surface area (Å²) in [6.07, 6.45) is 1.01. The quantitative estimate of drug-likeness (QED) is 0.782. The van der Waals surface area contributed by atoms with E-state index in [1.165, 1.54) is 11.8 Å². The van der Waals surface area contributed by atoms with E-state index in [9.17, 15) is 9.59 Å². The summed E-state index contributed by atoms with van der Waals surface area (Å²) in [4.78, 5) is 25.6. The molecular weight excluding hydrogens is 388 g/mol. The van der Waals surface area contributed by atoms with Crippen LogP contribution in [0.2, 0.25) is 0 Å². The molecular formula is C22H24N2O4S. The summed E-state index contributed by atoms with van der Waals surface area (Å²) in [5, 5.41) is 5.67. The van der Waals surface area contributed by atoms with Gasteiger partial charge in [-0.25, -0.2) is 0 Å². The fourth-order valence-corrected chi connectivity index (χ4v) is 4.47. The van der Waals surface area contributed by atoms with E-state index in [-0.39, 0.29) is 23.2 Å². The second-order valence-electron chi connectivity index (χ2n) is 7.28. The van der Waals surface area contributed by atoms with Gasteiger partial charge in [0.1, 0.15) is 17.6 Å². The first-order valence-corrected chi connectivity index (χ1v) is 10.7. The number of amides is 2. The van der Waals surface area contributed by atoms with E-state index in [0.29, 0.717) is 24.4 Å². The Morgan fingerprint density at radius 1 is 1.31 bits per heavy atom. The zero-order chi connectivity index (χ0) is 20.5. The number of benzene rings is 2. The molecule has 29 heavy (non-hydrogen) atoms. The van der Waals surface area contributed by atoms with Gasteiger partial charge in [0.05, 0.1) is 17.5 Å². The second-order valence-corrected chi connectivity index (χ2v) is 8.66. The molecule has 0 spiro atoms. The van der Waals surface area contributed by atoms with Gasteiger partial charge in [-0.05, 0) is 51.1 Å². The van der Waals surface area contributed by atoms with Gasteiger partial charge in [0.2, 0.25) is 5.91 Å². The summed E-state index contributed by atoms with van der Waals surface area (Å²) in [5.41, 5.74) is 3.20. The fourth-order valence-electron chi connectivity index (χ4n) is 3.54. The highest BCUT2D eigenvalue weighted by Gasteiger charge is 2.24. The molecule has 2 aliphatic rings. The lowest BCUT2D eigenvalue weighted by Gasteiger charge is -2.21. The largest absolute Gasteiger partial charge is 0.494 e. The van der Waals surface area contributed by atoms with E-state index in [0.717, 1.165) is 33.9 Å². The Hall–Kier alpha value is -2.67. The normalized spacial score (nSPS) is 19.6. The Bertz CT molecular complexity index is 976. The zero-order valence-corrected chi connectivity index (χ0v) is 17.5. The van der Waals surface area contributed by atoms with Crippen LogP contribution in [0.1, 0.15) is 42.3 Å². The summed E-state index contributed by atoms with van der Waals surface area (Å²) in [5.74, 6) is 1.37. The molecule has 0 fully saturated rings. The number of hydrogen-bond donors (Lipinski definition) is 2. The monoisotopic (exact) mass is 412 g/mol. The third kappa shape index (κ3) is 4.05. The lowest BCUT2D eigenvalue weighted by Crippen LogP contribution is -2.27. The SMILES string of the molecule is CCOc1cc2c(cc1CNC(=O)c1ccc3c(c1)NC(=O)C(C)S3)OC(C)C2. The van der Waals surface area contributed by atoms with Crippen molar-refractivity contribution in [2.45, 2.75) is 50.0 Å². The van der Waals surface area contributed by atoms with Gasteiger partial charge in [0.25, 0.3) is 5.91 Å². The fraction of sp³-hybridized carbons (Fsp3) is 0.364. The predicted octanol–water partition coefficient (Wildman–Crippen LogP) is 3.77. The Kier molecular flexibility index (Phi) is 5.41. The smallest absolute Gasteiger partial charge is 0.251 e. The number of ether oxygens (including phenoxy) is 2. The molecule has 2 amide bonds. The number of anilines is 1. The van der Waals surface area contributed by atoms with Crippen LogP contribution in [0.25, 0.3) is 0 Å². The van der Waals surface area contributed by atoms with Gasteiger partial charge in [0, 0.05) is 34.6 Å². The Labute approximate surface area is 174 Å². The van der Waals surface area contributed by atoms with Crippen molar-refractivity contribution in [2.24, 2.45) is 0 Å². The summed E-state index contributed by atoms with van der Waals surface area (Å²) in [7, 11) is 0. The topological polar surface area (TPSA) is 76.7 Å². The molecule has 2 aromatic carbocycles. The molecule has 0 bridgehead atoms. The van der Waals surface area contributed by atoms with Crippen LogP contribution in [0.4, 0.5) is 5.69 Å². The third-order valence-electron chi connectivity index (χ3n) is 4.99. The maximum absolute atomic E-state index is 12.7. The minimum Gasteiger partial charge on any atom is -0.494 e. The summed E-state index contributed by atoms with van der Waals surface area (Å²) in [6, 6.07) is 9.34. The van der Waals surface area contributed by atoms with Gasteiger partial charge in [-0.2, -0.15) is 0 Å². The number of rotatable bonds is 5. The third-order valence-corrected chi connectivity index (χ3v) is 6.17. The minimum absolute atomic E-state index is 0.0474. The van der Waals surface area contributed by atoms with Gasteiger partial charge in [-0.15, -0.1) is 11.8 Å². The molecule has 4 rings (SSSR count). The molecule has 2 aromatic rings. The molecule has 2 atom stereocenters. The summed E-state index contributed by atoms with van der Waals surface area (Å²) >= 11 is 1.50. The minimum atomic E-state index is -0.206. The number of carbonyl (C=O) groups is 2. The van der Waals surface area contributed by atoms with Crippen LogP contribution >= 0.6 is 11.8 Å². The van der Waals surface area contributed by atoms with E-state index in [2.05, 4.69) is 10.6 Å². The zero-order valence-electron chi connectivity index (χ0n) is 16.7. The van der Waals surface area contributed by atoms with E-state index >= 15 is 0 Å². The molecule has 2 N–H and O–H groups in total. The Balaban J connectivity index is 1.50. The van der Waals surface area contributed by atoms with Crippen molar-refractivity contribution in [1.29, 1.82) is 0 Å². The molecule has 0 aliphatic carbocycles. The highest BCUT2D eigenvalue weighted by molar-refractivity contribution is 8.00. The molecule has 2 unspecified atom stereocenters. The van der Waals surface area contributed by atoms with Crippen LogP contribution in [0.3, 0.4) is 0 Å². The van der Waals surface area contributed by atoms with Gasteiger partial charge in [0.15, 0.2) is 0 Å². The molecule has 2 aliphatic heterocycles. The van der Waals surface area contributed by atoms with Crippen molar-refractivity contribution in [1.82, 2.24) is 5.32 Å². The summed E-state index contributed by atoms with van der Waals surface area (Å²) in [6.45, 7) is 6.72. The molecule has 0 radical (unpaired) electrons. The van der Waals surface area contributed by atoms with Crippen molar-refractivity contribution in [3.8, 4) is 11.5 Å². The molecule has 152 valence electrons. The molecule has 0 aromatic heterocycles. The van der Waals surface area contributed by atoms with Crippen molar-refractivity contribution in [3.05, 3.63) is 47.0 Å². The molecule has 6 nitrogen and oxygen atoms in total. The molecule has 2 heterocycles. The van der Waals surface area contributed by atoms with E-state index < -0.39 is 0 Å². The Morgan fingerprint density at radius 3 is 2.93 bits per heavy atom. The van der Waals surface area contributed by atoms with Crippen molar-refractivity contribution in [2.75, 3.05) is 11.9 Å². The Morgan fingerprint density at radius 2 is 2.14 bits per heavy atom. The number of carbonyl (C=O) groups excluding carboxylic acids is 2. The van der Waals surface area contributed by atoms with E-state index in [4.69, 9.17) is 9.47 Å². The predicted molar refractivity (Wildman–Crippen MR) is 113 cm³/mol. The van der Waals surface area contributed by atoms with Crippen LogP contribution in [-0.4, -0.2) is 29.8 Å². The highest BCUT2D eigenvalue weighted by atomic mass is 32.2. The van der Waals surface area contributed by atoms with Gasteiger partial charge >= 0.3 is 0 Å². The van der Waals surface area contributed by atoms with Gasteiger partial charge in [-0.3, -0.25) is 9.59 Å². The van der Waals surface area contributed by atoms with E-state index in [1.54, 1.807) is 12.1 Å². The van der Waals surface area contributed by atoms with Crippen LogP contribution < -0.4 is 20.1 Å². The number of nitrogens with one attached hydrogen (secondary N) is 2. The van der Waals surface area contributed by atoms with Gasteiger partial charge < -0.3 is 20.1 Å². The molecule has 7 heteroatoms. The van der Waals surface area contributed by atoms with Crippen molar-refractivity contribution in [3.63, 3.8) is 0 Å². The standard InChI is InChI=1S/C22H24N2O4S/c1-4-27-18-9-15-7-12(2)28-19(15)10-16(18)11-23-22(26)14-5-6-20-17(8-14)24-21(25)13(3)29-20/h5-6,8-10,12-13H,4,7,11H2,1-3H3,(H,23,26)(H,24,25). The molecule has 0 saturated heterocycles. The van der Waals surface area contributed by atoms with Crippen LogP contribution in [0.15, 0.2) is 35.2 Å². The lowest BCUT2D eigenvalue weighted by atomic mass is 10.1. The number of thioether (sulfide) groups is 1. The number of fused-ring (bicyclic) bond motifs is 2. The van der Waals surface area contributed by atoms with E-state index in [1.807, 2.05) is 39.0 Å². The van der Waals surface area contributed by atoms with Crippen molar-refractivity contribution >= 4 is 29.3 Å². The maximum Gasteiger partial charge on any atom is 0.251 e. The van der Waals surface area contributed by atoms with Crippen LogP contribution in [0, 0.1) is 0 Å². The maximum atomic E-state index is 12.7. The highest BCUT2D eigenvalue weighted by Crippen LogP contribution is 2.37. The summed E-state index contributed by atoms with van der Waals surface area (Å²) < 4.78 is 11.6.